The van der Waals surface area contributed by atoms with Crippen LogP contribution in [0.25, 0.3) is 0 Å². The van der Waals surface area contributed by atoms with Crippen molar-refractivity contribution in [3.05, 3.63) is 12.3 Å². The van der Waals surface area contributed by atoms with Crippen LogP contribution in [0.3, 0.4) is 0 Å². The van der Waals surface area contributed by atoms with Gasteiger partial charge in [0.2, 0.25) is 0 Å². The molecule has 0 atom stereocenters. The van der Waals surface area contributed by atoms with E-state index in [-0.39, 0.29) is 0 Å². The van der Waals surface area contributed by atoms with Gasteiger partial charge in [-0.2, -0.15) is 0 Å². The molecule has 2 heteroatoms. The Kier molecular flexibility index (Phi) is 6.29. The zero-order chi connectivity index (χ0) is 7.82. The molecular weight excluding hydrogens is 128 g/mol. The van der Waals surface area contributed by atoms with Gasteiger partial charge in [-0.15, -0.1) is 0 Å². The molecule has 10 heavy (non-hydrogen) atoms. The Balaban J connectivity index is 0.000000172. The molecule has 2 nitrogen and oxygen atoms in total. The van der Waals surface area contributed by atoms with Crippen molar-refractivity contribution in [2.24, 2.45) is 0 Å². The van der Waals surface area contributed by atoms with Gasteiger partial charge in [0.05, 0.1) is 12.4 Å². The fourth-order valence-electron chi connectivity index (χ4n) is 0.391. The summed E-state index contributed by atoms with van der Waals surface area (Å²) in [5.74, 6) is 0.789. The van der Waals surface area contributed by atoms with Crippen LogP contribution in [0.1, 0.15) is 20.3 Å². The van der Waals surface area contributed by atoms with Crippen molar-refractivity contribution in [3.8, 4) is 0 Å². The van der Waals surface area contributed by atoms with Gasteiger partial charge in [0.15, 0.2) is 0 Å². The first-order valence-electron chi connectivity index (χ1n) is 3.63. The van der Waals surface area contributed by atoms with Crippen molar-refractivity contribution in [3.63, 3.8) is 0 Å². The first-order valence-corrected chi connectivity index (χ1v) is 3.63. The van der Waals surface area contributed by atoms with Crippen molar-refractivity contribution >= 4 is 0 Å². The van der Waals surface area contributed by atoms with E-state index < -0.39 is 0 Å². The Bertz CT molecular complexity index is 81.3. The van der Waals surface area contributed by atoms with Gasteiger partial charge < -0.3 is 9.47 Å². The van der Waals surface area contributed by atoms with Gasteiger partial charge in [0, 0.05) is 13.2 Å². The van der Waals surface area contributed by atoms with E-state index in [1.807, 2.05) is 13.8 Å². The molecule has 0 aromatic carbocycles. The van der Waals surface area contributed by atoms with Crippen molar-refractivity contribution in [2.45, 2.75) is 20.3 Å². The Morgan fingerprint density at radius 2 is 2.00 bits per heavy atom. The number of hydrogen-bond donors (Lipinski definition) is 0. The lowest BCUT2D eigenvalue weighted by atomic mass is 10.4. The third-order valence-electron chi connectivity index (χ3n) is 0.968. The molecular formula is C8H16O2. The molecule has 0 aromatic heterocycles. The summed E-state index contributed by atoms with van der Waals surface area (Å²) in [6.07, 6.45) is 1.28. The van der Waals surface area contributed by atoms with Crippen LogP contribution in [-0.4, -0.2) is 19.8 Å². The third kappa shape index (κ3) is 7.50. The highest BCUT2D eigenvalue weighted by Crippen LogP contribution is 1.93. The molecule has 0 unspecified atom stereocenters. The molecule has 0 aliphatic carbocycles. The predicted octanol–water partition coefficient (Wildman–Crippen LogP) is 1.96. The van der Waals surface area contributed by atoms with Gasteiger partial charge in [-0.05, 0) is 20.3 Å². The minimum absolute atomic E-state index is 0.731. The second-order valence-corrected chi connectivity index (χ2v) is 2.10. The van der Waals surface area contributed by atoms with Crippen LogP contribution in [0, 0.1) is 0 Å². The third-order valence-corrected chi connectivity index (χ3v) is 0.968. The highest BCUT2D eigenvalue weighted by Gasteiger charge is 1.94. The quantitative estimate of drug-likeness (QED) is 0.551. The Morgan fingerprint density at radius 3 is 2.00 bits per heavy atom. The lowest BCUT2D eigenvalue weighted by Crippen LogP contribution is -2.09. The van der Waals surface area contributed by atoms with E-state index in [1.54, 1.807) is 0 Å². The lowest BCUT2D eigenvalue weighted by molar-refractivity contribution is 0.0367. The SMILES string of the molecule is C1COC1.C=C(C)OCC. The summed E-state index contributed by atoms with van der Waals surface area (Å²) < 4.78 is 9.57. The van der Waals surface area contributed by atoms with Gasteiger partial charge in [0.1, 0.15) is 0 Å². The van der Waals surface area contributed by atoms with E-state index in [0.717, 1.165) is 25.6 Å². The fraction of sp³-hybridized carbons (Fsp3) is 0.750. The maximum Gasteiger partial charge on any atom is 0.0857 e. The number of ether oxygens (including phenoxy) is 2. The van der Waals surface area contributed by atoms with Crippen LogP contribution in [0.4, 0.5) is 0 Å². The topological polar surface area (TPSA) is 18.5 Å². The number of allylic oxidation sites excluding steroid dienone is 1. The Hall–Kier alpha value is -0.500. The average molecular weight is 144 g/mol. The normalized spacial score (nSPS) is 14.2. The van der Waals surface area contributed by atoms with Crippen LogP contribution >= 0.6 is 0 Å². The van der Waals surface area contributed by atoms with Crippen molar-refractivity contribution in [1.82, 2.24) is 0 Å². The summed E-state index contributed by atoms with van der Waals surface area (Å²) in [6, 6.07) is 0. The second kappa shape index (κ2) is 6.62. The van der Waals surface area contributed by atoms with E-state index in [4.69, 9.17) is 9.47 Å². The molecule has 0 aromatic rings. The summed E-state index contributed by atoms with van der Waals surface area (Å²) in [7, 11) is 0. The summed E-state index contributed by atoms with van der Waals surface area (Å²) in [4.78, 5) is 0. The molecule has 0 amide bonds. The maximum atomic E-state index is 4.85. The molecule has 1 heterocycles. The van der Waals surface area contributed by atoms with Gasteiger partial charge in [0.25, 0.3) is 0 Å². The fourth-order valence-corrected chi connectivity index (χ4v) is 0.391. The van der Waals surface area contributed by atoms with Crippen LogP contribution in [0.15, 0.2) is 12.3 Å². The summed E-state index contributed by atoms with van der Waals surface area (Å²) in [5, 5.41) is 0. The van der Waals surface area contributed by atoms with E-state index >= 15 is 0 Å². The standard InChI is InChI=1S/C5H10O.C3H6O/c1-4-6-5(2)3;1-2-4-3-1/h2,4H2,1,3H3;1-3H2. The molecule has 0 bridgehead atoms. The number of hydrogen-bond acceptors (Lipinski definition) is 2. The molecule has 0 radical (unpaired) electrons. The minimum Gasteiger partial charge on any atom is -0.499 e. The monoisotopic (exact) mass is 144 g/mol. The molecule has 0 spiro atoms. The van der Waals surface area contributed by atoms with Gasteiger partial charge in [-0.3, -0.25) is 0 Å². The second-order valence-electron chi connectivity index (χ2n) is 2.10. The molecule has 1 aliphatic rings. The summed E-state index contributed by atoms with van der Waals surface area (Å²) in [5.41, 5.74) is 0. The Morgan fingerprint density at radius 1 is 1.60 bits per heavy atom. The first-order chi connectivity index (χ1) is 4.77. The van der Waals surface area contributed by atoms with Crippen LogP contribution < -0.4 is 0 Å². The zero-order valence-corrected chi connectivity index (χ0v) is 6.85. The maximum absolute atomic E-state index is 4.85. The molecule has 60 valence electrons. The van der Waals surface area contributed by atoms with Gasteiger partial charge in [-0.25, -0.2) is 0 Å². The highest BCUT2D eigenvalue weighted by molar-refractivity contribution is 4.72. The molecule has 0 N–H and O–H groups in total. The smallest absolute Gasteiger partial charge is 0.0857 e. The summed E-state index contributed by atoms with van der Waals surface area (Å²) >= 11 is 0. The van der Waals surface area contributed by atoms with Crippen LogP contribution in [-0.2, 0) is 9.47 Å². The predicted molar refractivity (Wildman–Crippen MR) is 41.9 cm³/mol. The van der Waals surface area contributed by atoms with E-state index in [9.17, 15) is 0 Å². The van der Waals surface area contributed by atoms with E-state index in [0.29, 0.717) is 0 Å². The van der Waals surface area contributed by atoms with Crippen molar-refractivity contribution in [1.29, 1.82) is 0 Å². The highest BCUT2D eigenvalue weighted by atomic mass is 16.5. The lowest BCUT2D eigenvalue weighted by Gasteiger charge is -2.09. The van der Waals surface area contributed by atoms with E-state index in [2.05, 4.69) is 6.58 Å². The van der Waals surface area contributed by atoms with Crippen LogP contribution in [0.2, 0.25) is 0 Å². The molecule has 1 saturated heterocycles. The average Bonchev–Trinajstić information content (AvgIpc) is 1.58. The van der Waals surface area contributed by atoms with Crippen molar-refractivity contribution < 1.29 is 9.47 Å². The zero-order valence-electron chi connectivity index (χ0n) is 6.85. The molecule has 1 aliphatic heterocycles. The minimum atomic E-state index is 0.731. The Labute approximate surface area is 62.8 Å². The summed E-state index contributed by atoms with van der Waals surface area (Å²) in [6.45, 7) is 10.0. The molecule has 1 fully saturated rings. The molecule has 1 rings (SSSR count). The number of rotatable bonds is 2. The first kappa shape index (κ1) is 9.50. The van der Waals surface area contributed by atoms with Crippen LogP contribution in [0.5, 0.6) is 0 Å². The van der Waals surface area contributed by atoms with E-state index in [1.165, 1.54) is 6.42 Å². The van der Waals surface area contributed by atoms with Crippen molar-refractivity contribution in [2.75, 3.05) is 19.8 Å². The largest absolute Gasteiger partial charge is 0.499 e. The molecule has 0 saturated carbocycles. The van der Waals surface area contributed by atoms with Gasteiger partial charge >= 0.3 is 0 Å². The van der Waals surface area contributed by atoms with Gasteiger partial charge in [-0.1, -0.05) is 6.58 Å².